The van der Waals surface area contributed by atoms with Crippen molar-refractivity contribution < 1.29 is 28.6 Å². The number of carbonyl (C=O) groups is 2. The van der Waals surface area contributed by atoms with Crippen LogP contribution in [-0.2, 0) is 15.7 Å². The van der Waals surface area contributed by atoms with Gasteiger partial charge in [0.1, 0.15) is 22.5 Å². The van der Waals surface area contributed by atoms with Gasteiger partial charge in [-0.2, -0.15) is 10.1 Å². The maximum atomic E-state index is 12.2. The summed E-state index contributed by atoms with van der Waals surface area (Å²) in [5.74, 6) is -0.295. The van der Waals surface area contributed by atoms with Crippen molar-refractivity contribution in [3.8, 4) is 5.75 Å². The molecule has 0 saturated carbocycles. The summed E-state index contributed by atoms with van der Waals surface area (Å²) >= 11 is 0. The number of methoxy groups -OCH3 is 2. The molecule has 5 aromatic rings. The van der Waals surface area contributed by atoms with E-state index >= 15 is 0 Å². The van der Waals surface area contributed by atoms with Crippen molar-refractivity contribution in [1.82, 2.24) is 24.7 Å². The zero-order valence-corrected chi connectivity index (χ0v) is 30.8. The number of aromatic nitrogens is 5. The summed E-state index contributed by atoms with van der Waals surface area (Å²) in [6.07, 6.45) is 4.53. The number of ether oxygens (including phenoxy) is 2. The van der Waals surface area contributed by atoms with E-state index in [-0.39, 0.29) is 29.1 Å². The number of rotatable bonds is 15. The van der Waals surface area contributed by atoms with Crippen molar-refractivity contribution in [2.24, 2.45) is 0 Å². The van der Waals surface area contributed by atoms with Crippen LogP contribution in [0.2, 0.25) is 5.04 Å². The Balaban J connectivity index is 1.49. The molecular formula is C37H45N7O6Si. The number of benzene rings is 2. The molecule has 5 rings (SSSR count). The van der Waals surface area contributed by atoms with Crippen molar-refractivity contribution in [2.45, 2.75) is 64.6 Å². The van der Waals surface area contributed by atoms with Crippen LogP contribution in [0.25, 0.3) is 11.0 Å². The lowest BCUT2D eigenvalue weighted by atomic mass is 10.1. The van der Waals surface area contributed by atoms with Crippen LogP contribution in [0.1, 0.15) is 63.0 Å². The van der Waals surface area contributed by atoms with Gasteiger partial charge in [-0.25, -0.2) is 14.6 Å². The van der Waals surface area contributed by atoms with Crippen LogP contribution in [-0.4, -0.2) is 77.1 Å². The lowest BCUT2D eigenvalue weighted by Crippen LogP contribution is -2.66. The molecule has 0 fully saturated rings. The third-order valence-electron chi connectivity index (χ3n) is 8.76. The maximum absolute atomic E-state index is 12.2. The van der Waals surface area contributed by atoms with Gasteiger partial charge in [-0.1, -0.05) is 94.8 Å². The average Bonchev–Trinajstić information content (AvgIpc) is 3.52. The molecule has 3 heterocycles. The summed E-state index contributed by atoms with van der Waals surface area (Å²) in [5.41, 5.74) is 1.52. The zero-order valence-electron chi connectivity index (χ0n) is 29.8. The quantitative estimate of drug-likeness (QED) is 0.114. The van der Waals surface area contributed by atoms with Gasteiger partial charge >= 0.3 is 12.1 Å². The van der Waals surface area contributed by atoms with Crippen LogP contribution >= 0.6 is 0 Å². The Morgan fingerprint density at radius 1 is 0.961 bits per heavy atom. The van der Waals surface area contributed by atoms with Gasteiger partial charge < -0.3 is 24.3 Å². The number of carboxylic acid groups (broad SMARTS) is 1. The lowest BCUT2D eigenvalue weighted by Gasteiger charge is -2.43. The fourth-order valence-corrected chi connectivity index (χ4v) is 11.0. The summed E-state index contributed by atoms with van der Waals surface area (Å²) in [6, 6.07) is 22.4. The van der Waals surface area contributed by atoms with E-state index in [0.717, 1.165) is 12.8 Å². The van der Waals surface area contributed by atoms with Crippen LogP contribution in [0.3, 0.4) is 0 Å². The monoisotopic (exact) mass is 711 g/mol. The van der Waals surface area contributed by atoms with Gasteiger partial charge in [0, 0.05) is 18.8 Å². The van der Waals surface area contributed by atoms with E-state index in [9.17, 15) is 14.7 Å². The van der Waals surface area contributed by atoms with Crippen molar-refractivity contribution >= 4 is 53.6 Å². The number of anilines is 2. The van der Waals surface area contributed by atoms with Crippen molar-refractivity contribution in [2.75, 3.05) is 31.5 Å². The number of carbonyl (C=O) groups excluding carboxylic acids is 1. The highest BCUT2D eigenvalue weighted by atomic mass is 28.4. The Labute approximate surface area is 298 Å². The van der Waals surface area contributed by atoms with E-state index in [1.165, 1.54) is 36.9 Å². The first-order valence-corrected chi connectivity index (χ1v) is 18.8. The van der Waals surface area contributed by atoms with Gasteiger partial charge in [-0.3, -0.25) is 15.0 Å². The maximum Gasteiger partial charge on any atom is 0.413 e. The molecule has 3 N–H and O–H groups in total. The minimum Gasteiger partial charge on any atom is -0.495 e. The van der Waals surface area contributed by atoms with E-state index in [2.05, 4.69) is 102 Å². The normalized spacial score (nSPS) is 12.4. The molecule has 3 aromatic heterocycles. The molecule has 0 aliphatic rings. The molecule has 51 heavy (non-hydrogen) atoms. The van der Waals surface area contributed by atoms with Gasteiger partial charge in [-0.05, 0) is 34.3 Å². The first-order valence-electron chi connectivity index (χ1n) is 16.9. The van der Waals surface area contributed by atoms with Gasteiger partial charge in [0.2, 0.25) is 5.95 Å². The van der Waals surface area contributed by atoms with Crippen LogP contribution in [0, 0.1) is 0 Å². The molecule has 13 nitrogen and oxygen atoms in total. The molecule has 0 spiro atoms. The molecule has 0 saturated heterocycles. The number of fused-ring (bicyclic) bond motifs is 1. The number of aromatic carboxylic acids is 1. The molecule has 0 aliphatic carbocycles. The fraction of sp³-hybridized carbons (Fsp3) is 0.351. The van der Waals surface area contributed by atoms with Crippen molar-refractivity contribution in [3.63, 3.8) is 0 Å². The molecule has 14 heteroatoms. The van der Waals surface area contributed by atoms with Crippen LogP contribution < -0.4 is 25.7 Å². The first kappa shape index (κ1) is 36.9. The van der Waals surface area contributed by atoms with Crippen LogP contribution in [0.4, 0.5) is 16.6 Å². The largest absolute Gasteiger partial charge is 0.495 e. The molecule has 1 amide bonds. The Morgan fingerprint density at radius 3 is 2.20 bits per heavy atom. The van der Waals surface area contributed by atoms with Gasteiger partial charge in [0.25, 0.3) is 8.32 Å². The summed E-state index contributed by atoms with van der Waals surface area (Å²) in [6.45, 7) is 9.53. The predicted molar refractivity (Wildman–Crippen MR) is 199 cm³/mol. The van der Waals surface area contributed by atoms with E-state index in [1.807, 2.05) is 12.1 Å². The first-order chi connectivity index (χ1) is 24.5. The van der Waals surface area contributed by atoms with E-state index in [0.29, 0.717) is 41.3 Å². The molecule has 0 aliphatic heterocycles. The number of nitrogens with one attached hydrogen (secondary N) is 2. The SMILES string of the molecule is CCC[C@@H](CCO[Si](c1ccccc1)(c1ccccc1)C(C)(C)C)Nc1nc(NC(=O)OC)nc2cnn(Cc3ncc(C(=O)O)cc3OC)c12. The fourth-order valence-electron chi connectivity index (χ4n) is 6.39. The summed E-state index contributed by atoms with van der Waals surface area (Å²) in [7, 11) is -0.0278. The van der Waals surface area contributed by atoms with Crippen LogP contribution in [0.5, 0.6) is 5.75 Å². The molecule has 1 atom stereocenters. The average molecular weight is 712 g/mol. The van der Waals surface area contributed by atoms with Crippen molar-refractivity contribution in [1.29, 1.82) is 0 Å². The van der Waals surface area contributed by atoms with E-state index in [4.69, 9.17) is 18.9 Å². The Kier molecular flexibility index (Phi) is 11.7. The highest BCUT2D eigenvalue weighted by molar-refractivity contribution is 6.99. The molecule has 0 radical (unpaired) electrons. The number of hydrogen-bond donors (Lipinski definition) is 3. The minimum atomic E-state index is -2.75. The highest BCUT2D eigenvalue weighted by Gasteiger charge is 2.50. The van der Waals surface area contributed by atoms with Gasteiger partial charge in [-0.15, -0.1) is 0 Å². The number of nitrogens with zero attached hydrogens (tertiary/aromatic N) is 5. The van der Waals surface area contributed by atoms with Crippen molar-refractivity contribution in [3.05, 3.63) is 90.4 Å². The van der Waals surface area contributed by atoms with Gasteiger partial charge in [0.05, 0.1) is 32.5 Å². The highest BCUT2D eigenvalue weighted by Crippen LogP contribution is 2.37. The predicted octanol–water partition coefficient (Wildman–Crippen LogP) is 5.70. The number of pyridine rings is 1. The van der Waals surface area contributed by atoms with E-state index < -0.39 is 20.4 Å². The summed E-state index contributed by atoms with van der Waals surface area (Å²) < 4.78 is 19.2. The molecule has 0 unspecified atom stereocenters. The third kappa shape index (κ3) is 8.18. The molecule has 0 bridgehead atoms. The summed E-state index contributed by atoms with van der Waals surface area (Å²) in [4.78, 5) is 37.3. The number of hydrogen-bond acceptors (Lipinski definition) is 10. The van der Waals surface area contributed by atoms with E-state index in [1.54, 1.807) is 10.9 Å². The topological polar surface area (TPSA) is 163 Å². The second kappa shape index (κ2) is 16.1. The standard InChI is InChI=1S/C37H45N7O6Si/c1-7-14-26(19-20-50-51(37(2,3)4,27-15-10-8-11-16-27)28-17-12-9-13-18-28)40-33-32-29(41-35(42-33)43-36(47)49-6)23-39-44(32)24-30-31(48-5)21-25(22-38-30)34(45)46/h8-13,15-18,21-23,26H,7,14,19-20,24H2,1-6H3,(H,45,46)(H2,40,41,42,43,47)/t26-/m0/s1. The minimum absolute atomic E-state index is 0.00725. The Bertz CT molecular complexity index is 1910. The van der Waals surface area contributed by atoms with Gasteiger partial charge in [0.15, 0.2) is 5.82 Å². The second-order valence-electron chi connectivity index (χ2n) is 13.2. The second-order valence-corrected chi connectivity index (χ2v) is 17.5. The zero-order chi connectivity index (χ0) is 36.6. The Morgan fingerprint density at radius 2 is 1.63 bits per heavy atom. The third-order valence-corrected chi connectivity index (χ3v) is 13.8. The number of amides is 1. The molecule has 268 valence electrons. The smallest absolute Gasteiger partial charge is 0.413 e. The lowest BCUT2D eigenvalue weighted by molar-refractivity contribution is 0.0696. The van der Waals surface area contributed by atoms with Crippen LogP contribution in [0.15, 0.2) is 79.1 Å². The summed E-state index contributed by atoms with van der Waals surface area (Å²) in [5, 5.41) is 22.5. The Hall–Kier alpha value is -5.34. The molecule has 2 aromatic carbocycles. The number of carboxylic acids is 1. The molecular weight excluding hydrogens is 667 g/mol.